The minimum absolute atomic E-state index is 0.558. The molecule has 2 aromatic rings. The largest absolute Gasteiger partial charge is 0.497 e. The fourth-order valence-corrected chi connectivity index (χ4v) is 5.37. The van der Waals surface area contributed by atoms with E-state index in [1.807, 2.05) is 36.0 Å². The number of ether oxygens (including phenoxy) is 2. The van der Waals surface area contributed by atoms with E-state index in [2.05, 4.69) is 41.1 Å². The number of amidine groups is 1. The molecule has 1 saturated heterocycles. The van der Waals surface area contributed by atoms with E-state index < -0.39 is 11.9 Å². The third-order valence-corrected chi connectivity index (χ3v) is 7.63. The number of benzene rings is 2. The maximum atomic E-state index is 9.55. The Kier molecular flexibility index (Phi) is 12.2. The lowest BCUT2D eigenvalue weighted by Gasteiger charge is -2.38. The Hall–Kier alpha value is -3.50. The van der Waals surface area contributed by atoms with Gasteiger partial charge in [0, 0.05) is 44.1 Å². The SMILES string of the molecule is COc1ccc(OCCCCN2CCC(N(C)C3=Nc4ccccc4CS3)CC2)cc1.O=C(O)C=CC(=O)O. The molecule has 0 aromatic heterocycles. The molecule has 39 heavy (non-hydrogen) atoms. The van der Waals surface area contributed by atoms with Gasteiger partial charge in [-0.3, -0.25) is 0 Å². The minimum Gasteiger partial charge on any atom is -0.497 e. The number of hydrogen-bond donors (Lipinski definition) is 2. The number of unbranched alkanes of at least 4 members (excludes halogenated alkanes) is 1. The molecule has 2 heterocycles. The standard InChI is InChI=1S/C25H33N3O2S.C4H4O4/c1-27(25-26-24-8-4-3-7-20(24)19-31-25)21-13-16-28(17-14-21)15-5-6-18-30-23-11-9-22(29-2)10-12-23;5-3(6)1-2-4(7)8/h3-4,7-12,21H,5-6,13-19H2,1-2H3;1-2H,(H,5,6)(H,7,8). The summed E-state index contributed by atoms with van der Waals surface area (Å²) in [4.78, 5) is 29.0. The molecule has 0 saturated carbocycles. The molecule has 4 rings (SSSR count). The van der Waals surface area contributed by atoms with Crippen molar-refractivity contribution >= 4 is 34.6 Å². The first-order valence-corrected chi connectivity index (χ1v) is 14.0. The average molecular weight is 556 g/mol. The Morgan fingerprint density at radius 1 is 1.03 bits per heavy atom. The molecule has 2 aromatic carbocycles. The number of carboxylic acid groups (broad SMARTS) is 2. The van der Waals surface area contributed by atoms with Gasteiger partial charge in [-0.15, -0.1) is 0 Å². The summed E-state index contributed by atoms with van der Waals surface area (Å²) in [6, 6.07) is 16.9. The van der Waals surface area contributed by atoms with Crippen molar-refractivity contribution in [3.8, 4) is 11.5 Å². The molecule has 0 radical (unpaired) electrons. The normalized spacial score (nSPS) is 15.5. The first kappa shape index (κ1) is 30.0. The van der Waals surface area contributed by atoms with Gasteiger partial charge in [0.1, 0.15) is 11.5 Å². The second-order valence-corrected chi connectivity index (χ2v) is 10.2. The molecule has 0 bridgehead atoms. The van der Waals surface area contributed by atoms with Crippen LogP contribution in [0.2, 0.25) is 0 Å². The van der Waals surface area contributed by atoms with Crippen molar-refractivity contribution in [3.63, 3.8) is 0 Å². The molecule has 0 aliphatic carbocycles. The Labute approximate surface area is 234 Å². The van der Waals surface area contributed by atoms with Gasteiger partial charge in [-0.25, -0.2) is 14.6 Å². The Bertz CT molecular complexity index is 1110. The van der Waals surface area contributed by atoms with Gasteiger partial charge in [0.25, 0.3) is 0 Å². The van der Waals surface area contributed by atoms with Crippen molar-refractivity contribution < 1.29 is 29.3 Å². The molecule has 10 heteroatoms. The maximum absolute atomic E-state index is 9.55. The lowest BCUT2D eigenvalue weighted by Crippen LogP contribution is -2.45. The molecule has 2 aliphatic heterocycles. The van der Waals surface area contributed by atoms with E-state index in [0.717, 1.165) is 42.5 Å². The second kappa shape index (κ2) is 15.8. The van der Waals surface area contributed by atoms with Gasteiger partial charge in [-0.05, 0) is 68.1 Å². The zero-order valence-electron chi connectivity index (χ0n) is 22.5. The molecule has 0 spiro atoms. The van der Waals surface area contributed by atoms with Crippen LogP contribution < -0.4 is 9.47 Å². The molecular formula is C29H37N3O6S. The predicted octanol–water partition coefficient (Wildman–Crippen LogP) is 4.90. The predicted molar refractivity (Wildman–Crippen MR) is 154 cm³/mol. The van der Waals surface area contributed by atoms with E-state index in [-0.39, 0.29) is 0 Å². The molecular weight excluding hydrogens is 518 g/mol. The van der Waals surface area contributed by atoms with Gasteiger partial charge >= 0.3 is 11.9 Å². The van der Waals surface area contributed by atoms with Crippen molar-refractivity contribution in [2.45, 2.75) is 37.5 Å². The number of piperidine rings is 1. The van der Waals surface area contributed by atoms with Crippen LogP contribution in [0.3, 0.4) is 0 Å². The van der Waals surface area contributed by atoms with E-state index in [1.54, 1.807) is 7.11 Å². The highest BCUT2D eigenvalue weighted by atomic mass is 32.2. The zero-order valence-corrected chi connectivity index (χ0v) is 23.3. The van der Waals surface area contributed by atoms with E-state index >= 15 is 0 Å². The monoisotopic (exact) mass is 555 g/mol. The number of hydrogen-bond acceptors (Lipinski definition) is 8. The number of para-hydroxylation sites is 1. The van der Waals surface area contributed by atoms with Gasteiger partial charge < -0.3 is 29.5 Å². The van der Waals surface area contributed by atoms with Crippen LogP contribution in [0, 0.1) is 0 Å². The van der Waals surface area contributed by atoms with Crippen LogP contribution in [0.5, 0.6) is 11.5 Å². The summed E-state index contributed by atoms with van der Waals surface area (Å²) in [7, 11) is 3.90. The number of carboxylic acids is 2. The Morgan fingerprint density at radius 3 is 2.31 bits per heavy atom. The quantitative estimate of drug-likeness (QED) is 0.312. The number of thioether (sulfide) groups is 1. The topological polar surface area (TPSA) is 112 Å². The number of nitrogens with zero attached hydrogens (tertiary/aromatic N) is 3. The summed E-state index contributed by atoms with van der Waals surface area (Å²) in [6.45, 7) is 4.27. The third kappa shape index (κ3) is 10.3. The van der Waals surface area contributed by atoms with Crippen molar-refractivity contribution in [2.24, 2.45) is 4.99 Å². The zero-order chi connectivity index (χ0) is 28.0. The summed E-state index contributed by atoms with van der Waals surface area (Å²) in [5.74, 6) is 0.285. The molecule has 9 nitrogen and oxygen atoms in total. The van der Waals surface area contributed by atoms with Gasteiger partial charge in [0.15, 0.2) is 5.17 Å². The van der Waals surface area contributed by atoms with E-state index in [9.17, 15) is 9.59 Å². The Balaban J connectivity index is 0.000000459. The molecule has 2 N–H and O–H groups in total. The number of carbonyl (C=O) groups is 2. The van der Waals surface area contributed by atoms with Crippen LogP contribution in [-0.4, -0.2) is 83.6 Å². The summed E-state index contributed by atoms with van der Waals surface area (Å²) >= 11 is 1.87. The fourth-order valence-electron chi connectivity index (χ4n) is 4.33. The number of aliphatic imine (C=N–C) groups is 1. The van der Waals surface area contributed by atoms with Crippen LogP contribution in [0.4, 0.5) is 5.69 Å². The summed E-state index contributed by atoms with van der Waals surface area (Å²) in [5, 5.41) is 16.8. The molecule has 1 fully saturated rings. The highest BCUT2D eigenvalue weighted by molar-refractivity contribution is 8.13. The van der Waals surface area contributed by atoms with E-state index in [4.69, 9.17) is 24.7 Å². The lowest BCUT2D eigenvalue weighted by atomic mass is 10.0. The van der Waals surface area contributed by atoms with Crippen LogP contribution >= 0.6 is 11.8 Å². The number of rotatable bonds is 10. The number of aliphatic carboxylic acids is 2. The van der Waals surface area contributed by atoms with Crippen LogP contribution in [0.1, 0.15) is 31.2 Å². The molecule has 2 aliphatic rings. The second-order valence-electron chi connectivity index (χ2n) is 9.24. The fraction of sp³-hybridized carbons (Fsp3) is 0.414. The van der Waals surface area contributed by atoms with Crippen molar-refractivity contribution in [2.75, 3.05) is 40.4 Å². The van der Waals surface area contributed by atoms with E-state index in [0.29, 0.717) is 18.2 Å². The molecule has 210 valence electrons. The first-order chi connectivity index (χ1) is 18.9. The van der Waals surface area contributed by atoms with Gasteiger partial charge in [0.2, 0.25) is 0 Å². The van der Waals surface area contributed by atoms with Crippen LogP contribution in [0.15, 0.2) is 65.7 Å². The van der Waals surface area contributed by atoms with Gasteiger partial charge in [-0.2, -0.15) is 0 Å². The number of fused-ring (bicyclic) bond motifs is 1. The molecule has 0 unspecified atom stereocenters. The molecule has 0 amide bonds. The smallest absolute Gasteiger partial charge is 0.328 e. The minimum atomic E-state index is -1.26. The molecule has 0 atom stereocenters. The number of methoxy groups -OCH3 is 1. The van der Waals surface area contributed by atoms with Crippen LogP contribution in [-0.2, 0) is 15.3 Å². The average Bonchev–Trinajstić information content (AvgIpc) is 2.96. The lowest BCUT2D eigenvalue weighted by molar-refractivity contribution is -0.134. The summed E-state index contributed by atoms with van der Waals surface area (Å²) in [6.07, 6.45) is 5.79. The van der Waals surface area contributed by atoms with Gasteiger partial charge in [0.05, 0.1) is 19.4 Å². The summed E-state index contributed by atoms with van der Waals surface area (Å²) in [5.41, 5.74) is 2.48. The van der Waals surface area contributed by atoms with Gasteiger partial charge in [-0.1, -0.05) is 30.0 Å². The third-order valence-electron chi connectivity index (χ3n) is 6.54. The highest BCUT2D eigenvalue weighted by Gasteiger charge is 2.26. The maximum Gasteiger partial charge on any atom is 0.328 e. The van der Waals surface area contributed by atoms with Crippen molar-refractivity contribution in [3.05, 3.63) is 66.2 Å². The number of likely N-dealkylation sites (tertiary alicyclic amines) is 1. The van der Waals surface area contributed by atoms with Crippen molar-refractivity contribution in [1.29, 1.82) is 0 Å². The van der Waals surface area contributed by atoms with Crippen LogP contribution in [0.25, 0.3) is 0 Å². The highest BCUT2D eigenvalue weighted by Crippen LogP contribution is 2.33. The first-order valence-electron chi connectivity index (χ1n) is 13.0. The van der Waals surface area contributed by atoms with Crippen molar-refractivity contribution in [1.82, 2.24) is 9.80 Å². The van der Waals surface area contributed by atoms with E-state index in [1.165, 1.54) is 43.1 Å². The summed E-state index contributed by atoms with van der Waals surface area (Å²) < 4.78 is 11.0. The Morgan fingerprint density at radius 2 is 1.67 bits per heavy atom.